The van der Waals surface area contributed by atoms with E-state index in [1.165, 1.54) is 25.5 Å². The maximum Gasteiger partial charge on any atom is 0.273 e. The second-order valence-electron chi connectivity index (χ2n) is 6.19. The van der Waals surface area contributed by atoms with E-state index < -0.39 is 0 Å². The summed E-state index contributed by atoms with van der Waals surface area (Å²) >= 11 is 0. The molecule has 1 fully saturated rings. The Kier molecular flexibility index (Phi) is 3.68. The minimum Gasteiger partial charge on any atom is -0.348 e. The van der Waals surface area contributed by atoms with Crippen molar-refractivity contribution in [2.45, 2.75) is 52.5 Å². The van der Waals surface area contributed by atoms with Crippen LogP contribution in [0.5, 0.6) is 0 Å². The number of amides is 1. The molecule has 5 nitrogen and oxygen atoms in total. The smallest absolute Gasteiger partial charge is 0.273 e. The number of carbonyl (C=O) groups excluding carboxylic acids is 1. The average Bonchev–Trinajstić information content (AvgIpc) is 2.81. The van der Waals surface area contributed by atoms with Gasteiger partial charge in [-0.15, -0.1) is 0 Å². The minimum absolute atomic E-state index is 0.120. The Labute approximate surface area is 108 Å². The number of hydrogen-bond acceptors (Lipinski definition) is 3. The zero-order valence-electron chi connectivity index (χ0n) is 11.4. The van der Waals surface area contributed by atoms with Crippen LogP contribution in [-0.2, 0) is 0 Å². The molecular formula is C13H22N4O. The molecule has 2 rings (SSSR count). The van der Waals surface area contributed by atoms with Crippen molar-refractivity contribution in [3.8, 4) is 0 Å². The third kappa shape index (κ3) is 2.89. The van der Waals surface area contributed by atoms with E-state index in [0.717, 1.165) is 6.42 Å². The van der Waals surface area contributed by atoms with Crippen LogP contribution in [0.4, 0.5) is 0 Å². The number of nitrogens with one attached hydrogen (secondary N) is 2. The molecule has 1 aliphatic rings. The molecule has 1 aromatic rings. The van der Waals surface area contributed by atoms with Crippen LogP contribution >= 0.6 is 0 Å². The minimum atomic E-state index is -0.120. The SMILES string of the molecule is CC(C)(C)C1CCCCC1NC(=O)c1cn[nH]n1. The topological polar surface area (TPSA) is 70.7 Å². The summed E-state index contributed by atoms with van der Waals surface area (Å²) < 4.78 is 0. The van der Waals surface area contributed by atoms with Gasteiger partial charge >= 0.3 is 0 Å². The van der Waals surface area contributed by atoms with Gasteiger partial charge in [0.1, 0.15) is 0 Å². The Balaban J connectivity index is 2.04. The van der Waals surface area contributed by atoms with Crippen molar-refractivity contribution in [1.82, 2.24) is 20.7 Å². The highest BCUT2D eigenvalue weighted by Gasteiger charge is 2.35. The summed E-state index contributed by atoms with van der Waals surface area (Å²) in [6.45, 7) is 6.74. The molecule has 1 amide bonds. The van der Waals surface area contributed by atoms with Crippen molar-refractivity contribution in [3.63, 3.8) is 0 Å². The molecule has 0 saturated heterocycles. The first-order valence-corrected chi connectivity index (χ1v) is 6.65. The third-order valence-corrected chi connectivity index (χ3v) is 3.84. The first kappa shape index (κ1) is 13.1. The van der Waals surface area contributed by atoms with E-state index in [4.69, 9.17) is 0 Å². The van der Waals surface area contributed by atoms with Crippen molar-refractivity contribution in [1.29, 1.82) is 0 Å². The molecule has 2 unspecified atom stereocenters. The van der Waals surface area contributed by atoms with E-state index in [0.29, 0.717) is 11.6 Å². The van der Waals surface area contributed by atoms with Crippen LogP contribution in [0.25, 0.3) is 0 Å². The molecule has 1 heterocycles. The highest BCUT2D eigenvalue weighted by atomic mass is 16.2. The standard InChI is InChI=1S/C13H22N4O/c1-13(2,3)9-6-4-5-7-10(9)15-12(18)11-8-14-17-16-11/h8-10H,4-7H2,1-3H3,(H,15,18)(H,14,16,17). The number of H-pyrrole nitrogens is 1. The number of nitrogens with zero attached hydrogens (tertiary/aromatic N) is 2. The first-order chi connectivity index (χ1) is 8.48. The number of rotatable bonds is 2. The number of hydrogen-bond donors (Lipinski definition) is 2. The molecule has 2 atom stereocenters. The second kappa shape index (κ2) is 5.08. The molecule has 18 heavy (non-hydrogen) atoms. The van der Waals surface area contributed by atoms with Gasteiger partial charge in [0.2, 0.25) is 0 Å². The highest BCUT2D eigenvalue weighted by molar-refractivity contribution is 5.92. The van der Waals surface area contributed by atoms with Crippen LogP contribution in [0.1, 0.15) is 56.9 Å². The molecule has 1 aliphatic carbocycles. The molecule has 0 aliphatic heterocycles. The van der Waals surface area contributed by atoms with E-state index in [1.807, 2.05) is 0 Å². The summed E-state index contributed by atoms with van der Waals surface area (Å²) in [5.41, 5.74) is 0.593. The van der Waals surface area contributed by atoms with Crippen LogP contribution < -0.4 is 5.32 Å². The monoisotopic (exact) mass is 250 g/mol. The van der Waals surface area contributed by atoms with Gasteiger partial charge in [-0.2, -0.15) is 15.4 Å². The summed E-state index contributed by atoms with van der Waals surface area (Å²) in [5.74, 6) is 0.409. The average molecular weight is 250 g/mol. The zero-order valence-corrected chi connectivity index (χ0v) is 11.4. The van der Waals surface area contributed by atoms with Crippen LogP contribution in [0.2, 0.25) is 0 Å². The normalized spacial score (nSPS) is 24.8. The first-order valence-electron chi connectivity index (χ1n) is 6.65. The van der Waals surface area contributed by atoms with Gasteiger partial charge in [-0.25, -0.2) is 0 Å². The van der Waals surface area contributed by atoms with Crippen LogP contribution in [0.3, 0.4) is 0 Å². The van der Waals surface area contributed by atoms with Gasteiger partial charge in [0.25, 0.3) is 5.91 Å². The molecule has 0 spiro atoms. The molecule has 0 bridgehead atoms. The molecular weight excluding hydrogens is 228 g/mol. The fourth-order valence-corrected chi connectivity index (χ4v) is 2.89. The largest absolute Gasteiger partial charge is 0.348 e. The summed E-state index contributed by atoms with van der Waals surface area (Å²) in [5, 5.41) is 13.1. The molecule has 100 valence electrons. The summed E-state index contributed by atoms with van der Waals surface area (Å²) in [6.07, 6.45) is 6.16. The Morgan fingerprint density at radius 1 is 1.39 bits per heavy atom. The molecule has 5 heteroatoms. The predicted molar refractivity (Wildman–Crippen MR) is 69.0 cm³/mol. The summed E-state index contributed by atoms with van der Waals surface area (Å²) in [7, 11) is 0. The number of carbonyl (C=O) groups is 1. The van der Waals surface area contributed by atoms with Crippen molar-refractivity contribution in [2.75, 3.05) is 0 Å². The molecule has 0 aromatic carbocycles. The highest BCUT2D eigenvalue weighted by Crippen LogP contribution is 2.38. The lowest BCUT2D eigenvalue weighted by molar-refractivity contribution is 0.0825. The fourth-order valence-electron chi connectivity index (χ4n) is 2.89. The molecule has 1 saturated carbocycles. The summed E-state index contributed by atoms with van der Waals surface area (Å²) in [4.78, 5) is 12.0. The lowest BCUT2D eigenvalue weighted by Crippen LogP contribution is -2.46. The van der Waals surface area contributed by atoms with Crippen molar-refractivity contribution >= 4 is 5.91 Å². The van der Waals surface area contributed by atoms with Crippen molar-refractivity contribution < 1.29 is 4.79 Å². The van der Waals surface area contributed by atoms with Gasteiger partial charge in [-0.3, -0.25) is 4.79 Å². The Bertz CT molecular complexity index is 394. The fraction of sp³-hybridized carbons (Fsp3) is 0.769. The number of aromatic nitrogens is 3. The van der Waals surface area contributed by atoms with E-state index in [2.05, 4.69) is 41.5 Å². The molecule has 1 aromatic heterocycles. The van der Waals surface area contributed by atoms with Crippen molar-refractivity contribution in [2.24, 2.45) is 11.3 Å². The van der Waals surface area contributed by atoms with Crippen LogP contribution in [0, 0.1) is 11.3 Å². The van der Waals surface area contributed by atoms with Gasteiger partial charge in [-0.05, 0) is 24.2 Å². The second-order valence-corrected chi connectivity index (χ2v) is 6.19. The van der Waals surface area contributed by atoms with Gasteiger partial charge in [0.15, 0.2) is 5.69 Å². The van der Waals surface area contributed by atoms with Gasteiger partial charge in [0, 0.05) is 6.04 Å². The lowest BCUT2D eigenvalue weighted by Gasteiger charge is -2.40. The predicted octanol–water partition coefficient (Wildman–Crippen LogP) is 2.14. The van der Waals surface area contributed by atoms with Gasteiger partial charge in [0.05, 0.1) is 6.20 Å². The van der Waals surface area contributed by atoms with Gasteiger partial charge < -0.3 is 5.32 Å². The maximum absolute atomic E-state index is 12.0. The Hall–Kier alpha value is -1.39. The maximum atomic E-state index is 12.0. The Morgan fingerprint density at radius 3 is 2.72 bits per heavy atom. The van der Waals surface area contributed by atoms with Gasteiger partial charge in [-0.1, -0.05) is 33.6 Å². The van der Waals surface area contributed by atoms with E-state index >= 15 is 0 Å². The van der Waals surface area contributed by atoms with Crippen molar-refractivity contribution in [3.05, 3.63) is 11.9 Å². The Morgan fingerprint density at radius 2 is 2.11 bits per heavy atom. The third-order valence-electron chi connectivity index (χ3n) is 3.84. The van der Waals surface area contributed by atoms with Crippen LogP contribution in [0.15, 0.2) is 6.20 Å². The quantitative estimate of drug-likeness (QED) is 0.844. The van der Waals surface area contributed by atoms with E-state index in [1.54, 1.807) is 0 Å². The van der Waals surface area contributed by atoms with Crippen LogP contribution in [-0.4, -0.2) is 27.4 Å². The number of aromatic amines is 1. The zero-order chi connectivity index (χ0) is 13.2. The molecule has 0 radical (unpaired) electrons. The molecule has 2 N–H and O–H groups in total. The summed E-state index contributed by atoms with van der Waals surface area (Å²) in [6, 6.07) is 0.253. The van der Waals surface area contributed by atoms with E-state index in [9.17, 15) is 4.79 Å². The van der Waals surface area contributed by atoms with E-state index in [-0.39, 0.29) is 17.4 Å². The lowest BCUT2D eigenvalue weighted by atomic mass is 9.69.